The first-order valence-corrected chi connectivity index (χ1v) is 10.3. The van der Waals surface area contributed by atoms with E-state index in [4.69, 9.17) is 21.2 Å². The van der Waals surface area contributed by atoms with Crippen molar-refractivity contribution in [2.75, 3.05) is 0 Å². The van der Waals surface area contributed by atoms with E-state index in [1.807, 2.05) is 12.1 Å². The van der Waals surface area contributed by atoms with Gasteiger partial charge in [-0.2, -0.15) is 9.59 Å². The van der Waals surface area contributed by atoms with Gasteiger partial charge in [-0.15, -0.1) is 0 Å². The monoisotopic (exact) mass is 420 g/mol. The molecule has 4 nitrogen and oxygen atoms in total. The molecule has 0 bridgehead atoms. The van der Waals surface area contributed by atoms with Gasteiger partial charge in [-0.1, -0.05) is 36.7 Å². The summed E-state index contributed by atoms with van der Waals surface area (Å²) >= 11 is 6.12. The number of rotatable bonds is 4. The Balaban J connectivity index is 0.000000806. The lowest BCUT2D eigenvalue weighted by atomic mass is 9.89. The molecule has 154 valence electrons. The molecule has 0 aliphatic carbocycles. The summed E-state index contributed by atoms with van der Waals surface area (Å²) in [5.74, 6) is 0. The molecule has 0 radical (unpaired) electrons. The lowest BCUT2D eigenvalue weighted by molar-refractivity contribution is -0.191. The van der Waals surface area contributed by atoms with Gasteiger partial charge in [0, 0.05) is 28.0 Å². The molecule has 0 aliphatic heterocycles. The summed E-state index contributed by atoms with van der Waals surface area (Å²) in [6.07, 6.45) is 3.46. The van der Waals surface area contributed by atoms with Crippen LogP contribution in [0.5, 0.6) is 0 Å². The van der Waals surface area contributed by atoms with Crippen molar-refractivity contribution >= 4 is 28.7 Å². The predicted molar refractivity (Wildman–Crippen MR) is 120 cm³/mol. The van der Waals surface area contributed by atoms with E-state index in [0.717, 1.165) is 11.4 Å². The zero-order valence-electron chi connectivity index (χ0n) is 17.6. The van der Waals surface area contributed by atoms with E-state index in [1.54, 1.807) is 0 Å². The first-order chi connectivity index (χ1) is 14.4. The molecule has 0 amide bonds. The molecule has 0 aliphatic rings. The van der Waals surface area contributed by atoms with Crippen molar-refractivity contribution in [2.45, 2.75) is 39.7 Å². The summed E-state index contributed by atoms with van der Waals surface area (Å²) in [7, 11) is 0. The molecular weight excluding hydrogens is 396 g/mol. The van der Waals surface area contributed by atoms with Crippen LogP contribution in [0.1, 0.15) is 37.2 Å². The van der Waals surface area contributed by atoms with Gasteiger partial charge < -0.3 is 9.13 Å². The van der Waals surface area contributed by atoms with E-state index in [-0.39, 0.29) is 11.7 Å². The second-order valence-corrected chi connectivity index (χ2v) is 8.00. The quantitative estimate of drug-likeness (QED) is 0.389. The van der Waals surface area contributed by atoms with E-state index in [9.17, 15) is 0 Å². The van der Waals surface area contributed by atoms with Crippen molar-refractivity contribution in [1.82, 2.24) is 9.13 Å². The molecule has 1 atom stereocenters. The van der Waals surface area contributed by atoms with Gasteiger partial charge in [-0.25, -0.2) is 0 Å². The summed E-state index contributed by atoms with van der Waals surface area (Å²) in [6.45, 7) is 8.86. The van der Waals surface area contributed by atoms with Gasteiger partial charge in [0.15, 0.2) is 0 Å². The summed E-state index contributed by atoms with van der Waals surface area (Å²) < 4.78 is 4.74. The maximum absolute atomic E-state index is 8.12. The van der Waals surface area contributed by atoms with Crippen LogP contribution in [-0.2, 0) is 15.1 Å². The minimum atomic E-state index is -0.133. The van der Waals surface area contributed by atoms with Gasteiger partial charge in [-0.05, 0) is 75.2 Å². The van der Waals surface area contributed by atoms with Crippen molar-refractivity contribution in [1.29, 1.82) is 0 Å². The molecule has 0 saturated carbocycles. The van der Waals surface area contributed by atoms with Crippen LogP contribution >= 0.6 is 11.6 Å². The Morgan fingerprint density at radius 3 is 2.10 bits per heavy atom. The standard InChI is InChI=1S/C24H25ClN2.CO2/c1-5-24(4,19-11-13-20(25)14-12-19)26-16-15-21-22(26)7-6-8-23(21)27-17(2)9-10-18(27)3;2-1-3/h6-16H,5H2,1-4H3;. The van der Waals surface area contributed by atoms with E-state index in [2.05, 4.69) is 91.6 Å². The highest BCUT2D eigenvalue weighted by Gasteiger charge is 2.28. The molecule has 0 saturated heterocycles. The second kappa shape index (κ2) is 8.74. The van der Waals surface area contributed by atoms with Gasteiger partial charge in [0.25, 0.3) is 0 Å². The third kappa shape index (κ3) is 3.72. The number of fused-ring (bicyclic) bond motifs is 1. The topological polar surface area (TPSA) is 44.0 Å². The minimum absolute atomic E-state index is 0.133. The number of aryl methyl sites for hydroxylation is 2. The highest BCUT2D eigenvalue weighted by Crippen LogP contribution is 2.36. The van der Waals surface area contributed by atoms with Crippen LogP contribution in [0, 0.1) is 13.8 Å². The number of benzene rings is 2. The highest BCUT2D eigenvalue weighted by molar-refractivity contribution is 6.30. The molecule has 4 aromatic rings. The van der Waals surface area contributed by atoms with Crippen molar-refractivity contribution in [3.05, 3.63) is 88.8 Å². The van der Waals surface area contributed by atoms with Crippen LogP contribution in [0.25, 0.3) is 16.6 Å². The number of carbonyl (C=O) groups excluding carboxylic acids is 2. The van der Waals surface area contributed by atoms with Crippen LogP contribution in [0.2, 0.25) is 5.02 Å². The summed E-state index contributed by atoms with van der Waals surface area (Å²) in [5.41, 5.74) is 6.13. The number of halogens is 1. The van der Waals surface area contributed by atoms with Gasteiger partial charge in [0.2, 0.25) is 0 Å². The van der Waals surface area contributed by atoms with Crippen LogP contribution < -0.4 is 0 Å². The molecule has 2 aromatic heterocycles. The third-order valence-corrected chi connectivity index (χ3v) is 6.16. The molecule has 2 heterocycles. The SMILES string of the molecule is CCC(C)(c1ccc(Cl)cc1)n1ccc2c(-n3c(C)ccc3C)cccc21.O=C=O. The van der Waals surface area contributed by atoms with Gasteiger partial charge in [0.1, 0.15) is 0 Å². The zero-order valence-corrected chi connectivity index (χ0v) is 18.4. The highest BCUT2D eigenvalue weighted by atomic mass is 35.5. The molecule has 0 spiro atoms. The van der Waals surface area contributed by atoms with E-state index >= 15 is 0 Å². The number of aromatic nitrogens is 2. The Labute approximate surface area is 181 Å². The van der Waals surface area contributed by atoms with Crippen LogP contribution in [0.3, 0.4) is 0 Å². The average molecular weight is 421 g/mol. The maximum Gasteiger partial charge on any atom is 0.373 e. The Kier molecular flexibility index (Phi) is 6.31. The first kappa shape index (κ1) is 21.6. The smallest absolute Gasteiger partial charge is 0.337 e. The molecule has 0 N–H and O–H groups in total. The molecule has 2 aromatic carbocycles. The molecule has 0 fully saturated rings. The average Bonchev–Trinajstić information content (AvgIpc) is 3.32. The van der Waals surface area contributed by atoms with Crippen LogP contribution in [0.15, 0.2) is 66.9 Å². The number of hydrogen-bond donors (Lipinski definition) is 0. The third-order valence-electron chi connectivity index (χ3n) is 5.91. The van der Waals surface area contributed by atoms with Crippen LogP contribution in [-0.4, -0.2) is 15.3 Å². The van der Waals surface area contributed by atoms with Crippen molar-refractivity contribution < 1.29 is 9.59 Å². The zero-order chi connectivity index (χ0) is 21.9. The summed E-state index contributed by atoms with van der Waals surface area (Å²) in [6, 6.07) is 21.4. The van der Waals surface area contributed by atoms with E-state index < -0.39 is 0 Å². The Morgan fingerprint density at radius 1 is 0.933 bits per heavy atom. The molecule has 4 rings (SSSR count). The van der Waals surface area contributed by atoms with E-state index in [1.165, 1.54) is 33.5 Å². The molecule has 5 heteroatoms. The lowest BCUT2D eigenvalue weighted by Crippen LogP contribution is -2.30. The predicted octanol–water partition coefficient (Wildman–Crippen LogP) is 6.29. The van der Waals surface area contributed by atoms with Gasteiger partial charge in [-0.3, -0.25) is 0 Å². The van der Waals surface area contributed by atoms with Crippen molar-refractivity contribution in [3.8, 4) is 5.69 Å². The fourth-order valence-electron chi connectivity index (χ4n) is 4.15. The molecule has 1 unspecified atom stereocenters. The lowest BCUT2D eigenvalue weighted by Gasteiger charge is -2.32. The Hall–Kier alpha value is -3.07. The fourth-order valence-corrected chi connectivity index (χ4v) is 4.27. The van der Waals surface area contributed by atoms with Gasteiger partial charge in [0.05, 0.1) is 16.7 Å². The normalized spacial score (nSPS) is 12.7. The van der Waals surface area contributed by atoms with Crippen molar-refractivity contribution in [2.24, 2.45) is 0 Å². The summed E-state index contributed by atoms with van der Waals surface area (Å²) in [5, 5.41) is 2.05. The second-order valence-electron chi connectivity index (χ2n) is 7.56. The van der Waals surface area contributed by atoms with E-state index in [0.29, 0.717) is 0 Å². The fraction of sp³-hybridized carbons (Fsp3) is 0.240. The Morgan fingerprint density at radius 2 is 1.53 bits per heavy atom. The van der Waals surface area contributed by atoms with Gasteiger partial charge >= 0.3 is 6.15 Å². The minimum Gasteiger partial charge on any atom is -0.337 e. The summed E-state index contributed by atoms with van der Waals surface area (Å²) in [4.78, 5) is 16.2. The van der Waals surface area contributed by atoms with Crippen LogP contribution in [0.4, 0.5) is 0 Å². The largest absolute Gasteiger partial charge is 0.373 e. The first-order valence-electron chi connectivity index (χ1n) is 9.88. The van der Waals surface area contributed by atoms with Crippen molar-refractivity contribution in [3.63, 3.8) is 0 Å². The number of nitrogens with zero attached hydrogens (tertiary/aromatic N) is 2. The molecule has 30 heavy (non-hydrogen) atoms. The molecular formula is C25H25ClN2O2. The number of hydrogen-bond acceptors (Lipinski definition) is 2. The maximum atomic E-state index is 8.12. The Bertz CT molecular complexity index is 1180.